The fourth-order valence-electron chi connectivity index (χ4n) is 3.15. The van der Waals surface area contributed by atoms with Crippen LogP contribution >= 0.6 is 11.6 Å². The van der Waals surface area contributed by atoms with Crippen LogP contribution in [0.5, 0.6) is 5.75 Å². The number of β-amino-alcohol motifs (C(OH)–C–C–N with tert-alkyl or cyclic N) is 1. The Morgan fingerprint density at radius 2 is 1.82 bits per heavy atom. The number of hydrogen-bond acceptors (Lipinski definition) is 4. The Labute approximate surface area is 166 Å². The highest BCUT2D eigenvalue weighted by Crippen LogP contribution is 2.33. The molecule has 1 aliphatic rings. The Balaban J connectivity index is 1.68. The minimum Gasteiger partial charge on any atom is -0.491 e. The third-order valence-electron chi connectivity index (χ3n) is 4.69. The monoisotopic (exact) mass is 406 g/mol. The van der Waals surface area contributed by atoms with E-state index in [-0.39, 0.29) is 13.2 Å². The molecule has 0 aliphatic carbocycles. The van der Waals surface area contributed by atoms with E-state index in [1.165, 1.54) is 24.3 Å². The lowest BCUT2D eigenvalue weighted by Gasteiger charge is -2.26. The molecular weight excluding hydrogens is 387 g/mol. The quantitative estimate of drug-likeness (QED) is 0.692. The van der Waals surface area contributed by atoms with E-state index in [9.17, 15) is 19.1 Å². The van der Waals surface area contributed by atoms with Crippen LogP contribution in [0.1, 0.15) is 18.9 Å². The first-order valence-corrected chi connectivity index (χ1v) is 9.20. The van der Waals surface area contributed by atoms with E-state index >= 15 is 0 Å². The van der Waals surface area contributed by atoms with Crippen LogP contribution in [0, 0.1) is 5.82 Å². The number of carbonyl (C=O) groups excluding carboxylic acids is 2. The Morgan fingerprint density at radius 1 is 1.18 bits per heavy atom. The van der Waals surface area contributed by atoms with E-state index in [2.05, 4.69) is 5.32 Å². The molecule has 3 amide bonds. The predicted molar refractivity (Wildman–Crippen MR) is 102 cm³/mol. The summed E-state index contributed by atoms with van der Waals surface area (Å²) in [6.45, 7) is 1.42. The van der Waals surface area contributed by atoms with Gasteiger partial charge in [-0.25, -0.2) is 9.18 Å². The van der Waals surface area contributed by atoms with Crippen molar-refractivity contribution in [3.63, 3.8) is 0 Å². The van der Waals surface area contributed by atoms with Crippen LogP contribution in [0.15, 0.2) is 48.5 Å². The number of imide groups is 1. The molecule has 1 aliphatic heterocycles. The molecule has 1 saturated heterocycles. The van der Waals surface area contributed by atoms with Gasteiger partial charge >= 0.3 is 6.03 Å². The lowest BCUT2D eigenvalue weighted by Crippen LogP contribution is -2.44. The van der Waals surface area contributed by atoms with Gasteiger partial charge in [0.25, 0.3) is 5.91 Å². The topological polar surface area (TPSA) is 78.9 Å². The fraction of sp³-hybridized carbons (Fsp3) is 0.300. The van der Waals surface area contributed by atoms with Gasteiger partial charge < -0.3 is 15.2 Å². The number of amides is 3. The number of aliphatic hydroxyl groups is 1. The van der Waals surface area contributed by atoms with Crippen LogP contribution in [0.2, 0.25) is 5.02 Å². The molecule has 148 valence electrons. The van der Waals surface area contributed by atoms with Gasteiger partial charge in [0.1, 0.15) is 29.8 Å². The zero-order valence-electron chi connectivity index (χ0n) is 15.2. The zero-order chi connectivity index (χ0) is 20.3. The van der Waals surface area contributed by atoms with Gasteiger partial charge in [-0.2, -0.15) is 0 Å². The normalized spacial score (nSPS) is 20.2. The molecule has 3 rings (SSSR count). The summed E-state index contributed by atoms with van der Waals surface area (Å²) in [6, 6.07) is 11.5. The number of carbonyl (C=O) groups is 2. The van der Waals surface area contributed by atoms with Crippen molar-refractivity contribution >= 4 is 23.5 Å². The number of ether oxygens (including phenoxy) is 1. The van der Waals surface area contributed by atoms with Crippen molar-refractivity contribution in [1.82, 2.24) is 10.2 Å². The first-order valence-electron chi connectivity index (χ1n) is 8.82. The molecule has 0 spiro atoms. The lowest BCUT2D eigenvalue weighted by atomic mass is 9.87. The van der Waals surface area contributed by atoms with Gasteiger partial charge in [-0.05, 0) is 48.4 Å². The average Bonchev–Trinajstić information content (AvgIpc) is 2.93. The van der Waals surface area contributed by atoms with Gasteiger partial charge in [-0.1, -0.05) is 30.7 Å². The van der Waals surface area contributed by atoms with Crippen molar-refractivity contribution in [3.8, 4) is 5.75 Å². The van der Waals surface area contributed by atoms with Crippen molar-refractivity contribution in [1.29, 1.82) is 0 Å². The molecule has 2 aromatic carbocycles. The molecule has 8 heteroatoms. The summed E-state index contributed by atoms with van der Waals surface area (Å²) in [6.07, 6.45) is -0.754. The molecule has 2 aromatic rings. The highest BCUT2D eigenvalue weighted by atomic mass is 35.5. The number of hydrogen-bond donors (Lipinski definition) is 2. The van der Waals surface area contributed by atoms with Crippen LogP contribution in [0.3, 0.4) is 0 Å². The summed E-state index contributed by atoms with van der Waals surface area (Å²) in [5, 5.41) is 13.5. The summed E-state index contributed by atoms with van der Waals surface area (Å²) in [5.74, 6) is -0.463. The number of rotatable bonds is 7. The molecule has 28 heavy (non-hydrogen) atoms. The number of halogens is 2. The summed E-state index contributed by atoms with van der Waals surface area (Å²) < 4.78 is 18.3. The molecule has 6 nitrogen and oxygen atoms in total. The van der Waals surface area contributed by atoms with Gasteiger partial charge in [-0.3, -0.25) is 9.69 Å². The van der Waals surface area contributed by atoms with Crippen molar-refractivity contribution in [3.05, 3.63) is 64.9 Å². The SMILES string of the molecule is CCC1(c2ccc(Cl)cc2)NC(=O)N(CC(O)COc2ccc(F)cc2)C1=O. The summed E-state index contributed by atoms with van der Waals surface area (Å²) in [5.41, 5.74) is -0.573. The molecule has 0 aromatic heterocycles. The fourth-order valence-corrected chi connectivity index (χ4v) is 3.28. The molecule has 2 unspecified atom stereocenters. The molecule has 2 N–H and O–H groups in total. The lowest BCUT2D eigenvalue weighted by molar-refractivity contribution is -0.132. The number of benzene rings is 2. The van der Waals surface area contributed by atoms with Crippen molar-refractivity contribution in [2.45, 2.75) is 25.0 Å². The zero-order valence-corrected chi connectivity index (χ0v) is 15.9. The molecule has 0 bridgehead atoms. The number of nitrogens with zero attached hydrogens (tertiary/aromatic N) is 1. The van der Waals surface area contributed by atoms with E-state index in [1.54, 1.807) is 31.2 Å². The number of urea groups is 1. The van der Waals surface area contributed by atoms with E-state index in [1.807, 2.05) is 0 Å². The molecular formula is C20H20ClFN2O4. The Kier molecular flexibility index (Phi) is 5.86. The van der Waals surface area contributed by atoms with Crippen molar-refractivity contribution in [2.24, 2.45) is 0 Å². The van der Waals surface area contributed by atoms with Gasteiger partial charge in [0.05, 0.1) is 6.54 Å². The smallest absolute Gasteiger partial charge is 0.325 e. The number of nitrogens with one attached hydrogen (secondary N) is 1. The van der Waals surface area contributed by atoms with E-state index in [0.717, 1.165) is 4.90 Å². The Hall–Kier alpha value is -2.64. The summed E-state index contributed by atoms with van der Waals surface area (Å²) in [7, 11) is 0. The van der Waals surface area contributed by atoms with E-state index < -0.39 is 29.4 Å². The van der Waals surface area contributed by atoms with Crippen LogP contribution in [-0.2, 0) is 10.3 Å². The summed E-state index contributed by atoms with van der Waals surface area (Å²) >= 11 is 5.91. The Bertz CT molecular complexity index is 860. The summed E-state index contributed by atoms with van der Waals surface area (Å²) in [4.78, 5) is 26.4. The van der Waals surface area contributed by atoms with Crippen LogP contribution in [0.25, 0.3) is 0 Å². The highest BCUT2D eigenvalue weighted by molar-refractivity contribution is 6.30. The third-order valence-corrected chi connectivity index (χ3v) is 4.94. The number of aliphatic hydroxyl groups excluding tert-OH is 1. The average molecular weight is 407 g/mol. The van der Waals surface area contributed by atoms with E-state index in [4.69, 9.17) is 16.3 Å². The first kappa shape index (κ1) is 20.1. The van der Waals surface area contributed by atoms with Gasteiger partial charge in [0.15, 0.2) is 0 Å². The molecule has 1 fully saturated rings. The molecule has 0 radical (unpaired) electrons. The van der Waals surface area contributed by atoms with Crippen molar-refractivity contribution < 1.29 is 23.8 Å². The maximum absolute atomic E-state index is 13.0. The third kappa shape index (κ3) is 3.95. The van der Waals surface area contributed by atoms with Gasteiger partial charge in [-0.15, -0.1) is 0 Å². The van der Waals surface area contributed by atoms with E-state index in [0.29, 0.717) is 22.8 Å². The van der Waals surface area contributed by atoms with Gasteiger partial charge in [0, 0.05) is 5.02 Å². The predicted octanol–water partition coefficient (Wildman–Crippen LogP) is 3.08. The second kappa shape index (κ2) is 8.16. The van der Waals surface area contributed by atoms with Crippen LogP contribution < -0.4 is 10.1 Å². The maximum Gasteiger partial charge on any atom is 0.325 e. The Morgan fingerprint density at radius 3 is 2.43 bits per heavy atom. The van der Waals surface area contributed by atoms with Gasteiger partial charge in [0.2, 0.25) is 0 Å². The minimum atomic E-state index is -1.20. The molecule has 1 heterocycles. The minimum absolute atomic E-state index is 0.150. The second-order valence-electron chi connectivity index (χ2n) is 6.53. The van der Waals surface area contributed by atoms with Crippen molar-refractivity contribution in [2.75, 3.05) is 13.2 Å². The van der Waals surface area contributed by atoms with Crippen LogP contribution in [-0.4, -0.2) is 41.2 Å². The standard InChI is InChI=1S/C20H20ClFN2O4/c1-2-20(13-3-5-14(21)6-4-13)18(26)24(19(27)23-20)11-16(25)12-28-17-9-7-15(22)8-10-17/h3-10,16,25H,2,11-12H2,1H3,(H,23,27). The maximum atomic E-state index is 13.0. The van der Waals surface area contributed by atoms with Crippen LogP contribution in [0.4, 0.5) is 9.18 Å². The molecule has 2 atom stereocenters. The highest BCUT2D eigenvalue weighted by Gasteiger charge is 2.51. The first-order chi connectivity index (χ1) is 13.4. The second-order valence-corrected chi connectivity index (χ2v) is 6.97. The largest absolute Gasteiger partial charge is 0.491 e. The molecule has 0 saturated carbocycles.